The molecule has 1 atom stereocenters. The molecule has 3 nitrogen and oxygen atoms in total. The Hall–Kier alpha value is -1.06. The molecule has 0 spiro atoms. The Labute approximate surface area is 109 Å². The van der Waals surface area contributed by atoms with E-state index >= 15 is 0 Å². The fourth-order valence-electron chi connectivity index (χ4n) is 1.96. The zero-order chi connectivity index (χ0) is 12.8. The van der Waals surface area contributed by atoms with Crippen LogP contribution < -0.4 is 10.1 Å². The summed E-state index contributed by atoms with van der Waals surface area (Å²) >= 11 is 0. The lowest BCUT2D eigenvalue weighted by Crippen LogP contribution is -2.26. The Bertz CT molecular complexity index is 363. The second-order valence-corrected chi connectivity index (χ2v) is 5.01. The van der Waals surface area contributed by atoms with E-state index in [0.29, 0.717) is 0 Å². The summed E-state index contributed by atoms with van der Waals surface area (Å²) in [5.41, 5.74) is 1.10. The number of hydrogen-bond acceptors (Lipinski definition) is 3. The van der Waals surface area contributed by atoms with Gasteiger partial charge in [0, 0.05) is 0 Å². The van der Waals surface area contributed by atoms with Crippen molar-refractivity contribution in [2.75, 3.05) is 19.8 Å². The van der Waals surface area contributed by atoms with Crippen molar-refractivity contribution in [3.05, 3.63) is 29.8 Å². The second-order valence-electron chi connectivity index (χ2n) is 5.01. The molecule has 1 aliphatic carbocycles. The van der Waals surface area contributed by atoms with Crippen LogP contribution in [0.2, 0.25) is 0 Å². The van der Waals surface area contributed by atoms with Gasteiger partial charge in [-0.25, -0.2) is 0 Å². The van der Waals surface area contributed by atoms with Crippen molar-refractivity contribution in [1.29, 1.82) is 0 Å². The largest absolute Gasteiger partial charge is 0.494 e. The molecule has 1 fully saturated rings. The van der Waals surface area contributed by atoms with E-state index in [2.05, 4.69) is 12.2 Å². The van der Waals surface area contributed by atoms with E-state index in [4.69, 9.17) is 4.74 Å². The smallest absolute Gasteiger partial charge is 0.119 e. The summed E-state index contributed by atoms with van der Waals surface area (Å²) in [7, 11) is 0. The maximum absolute atomic E-state index is 9.48. The Morgan fingerprint density at radius 1 is 1.44 bits per heavy atom. The fraction of sp³-hybridized carbons (Fsp3) is 0.600. The van der Waals surface area contributed by atoms with Gasteiger partial charge in [-0.05, 0) is 49.4 Å². The van der Waals surface area contributed by atoms with Gasteiger partial charge in [-0.15, -0.1) is 0 Å². The molecule has 1 unspecified atom stereocenters. The lowest BCUT2D eigenvalue weighted by Gasteiger charge is -2.17. The lowest BCUT2D eigenvalue weighted by atomic mass is 10.1. The van der Waals surface area contributed by atoms with Crippen LogP contribution in [0.5, 0.6) is 5.75 Å². The van der Waals surface area contributed by atoms with Gasteiger partial charge in [-0.2, -0.15) is 0 Å². The quantitative estimate of drug-likeness (QED) is 0.744. The molecule has 0 amide bonds. The van der Waals surface area contributed by atoms with Gasteiger partial charge in [0.25, 0.3) is 0 Å². The summed E-state index contributed by atoms with van der Waals surface area (Å²) in [6.45, 7) is 3.97. The summed E-state index contributed by atoms with van der Waals surface area (Å²) in [6.07, 6.45) is 3.66. The van der Waals surface area contributed by atoms with Gasteiger partial charge >= 0.3 is 0 Å². The minimum absolute atomic E-state index is 0.0239. The predicted octanol–water partition coefficient (Wildman–Crippen LogP) is 2.51. The maximum Gasteiger partial charge on any atom is 0.119 e. The number of hydrogen-bond donors (Lipinski definition) is 2. The third-order valence-electron chi connectivity index (χ3n) is 3.27. The topological polar surface area (TPSA) is 41.5 Å². The number of nitrogens with one attached hydrogen (secondary N) is 1. The molecular formula is C15H23NO2. The molecule has 0 aliphatic heterocycles. The number of benzene rings is 1. The minimum Gasteiger partial charge on any atom is -0.494 e. The van der Waals surface area contributed by atoms with Crippen molar-refractivity contribution in [3.63, 3.8) is 0 Å². The van der Waals surface area contributed by atoms with Crippen LogP contribution in [0.15, 0.2) is 24.3 Å². The number of rotatable bonds is 8. The Morgan fingerprint density at radius 3 is 2.94 bits per heavy atom. The van der Waals surface area contributed by atoms with Gasteiger partial charge < -0.3 is 15.2 Å². The number of ether oxygens (including phenoxy) is 1. The molecular weight excluding hydrogens is 226 g/mol. The second kappa shape index (κ2) is 6.76. The van der Waals surface area contributed by atoms with Crippen LogP contribution in [0, 0.1) is 5.92 Å². The number of aliphatic hydroxyl groups is 1. The van der Waals surface area contributed by atoms with Gasteiger partial charge in [-0.3, -0.25) is 0 Å². The minimum atomic E-state index is 0.0239. The standard InChI is InChI=1S/C15H23NO2/c1-2-8-18-14-5-3-4-13(9-14)15(11-17)16-10-12-6-7-12/h3-5,9,12,15-17H,2,6-8,10-11H2,1H3. The van der Waals surface area contributed by atoms with Crippen LogP contribution in [0.4, 0.5) is 0 Å². The average molecular weight is 249 g/mol. The van der Waals surface area contributed by atoms with E-state index < -0.39 is 0 Å². The molecule has 1 saturated carbocycles. The highest BCUT2D eigenvalue weighted by molar-refractivity contribution is 5.30. The Kier molecular flexibility index (Phi) is 5.02. The van der Waals surface area contributed by atoms with E-state index in [0.717, 1.165) is 36.8 Å². The third kappa shape index (κ3) is 4.00. The monoisotopic (exact) mass is 249 g/mol. The van der Waals surface area contributed by atoms with Gasteiger partial charge in [0.05, 0.1) is 19.3 Å². The van der Waals surface area contributed by atoms with E-state index in [1.807, 2.05) is 24.3 Å². The number of aliphatic hydroxyl groups excluding tert-OH is 1. The predicted molar refractivity (Wildman–Crippen MR) is 72.8 cm³/mol. The zero-order valence-electron chi connectivity index (χ0n) is 11.1. The molecule has 18 heavy (non-hydrogen) atoms. The molecule has 2 rings (SSSR count). The summed E-state index contributed by atoms with van der Waals surface area (Å²) in [5.74, 6) is 1.71. The highest BCUT2D eigenvalue weighted by Crippen LogP contribution is 2.29. The van der Waals surface area contributed by atoms with Crippen molar-refractivity contribution in [2.24, 2.45) is 5.92 Å². The van der Waals surface area contributed by atoms with Gasteiger partial charge in [0.15, 0.2) is 0 Å². The van der Waals surface area contributed by atoms with Crippen molar-refractivity contribution >= 4 is 0 Å². The molecule has 0 bridgehead atoms. The first kappa shape index (κ1) is 13.4. The van der Waals surface area contributed by atoms with Crippen LogP contribution in [0.3, 0.4) is 0 Å². The Morgan fingerprint density at radius 2 is 2.28 bits per heavy atom. The van der Waals surface area contributed by atoms with E-state index in [1.54, 1.807) is 0 Å². The molecule has 1 aliphatic rings. The van der Waals surface area contributed by atoms with Gasteiger partial charge in [0.1, 0.15) is 5.75 Å². The molecule has 3 heteroatoms. The molecule has 0 radical (unpaired) electrons. The summed E-state index contributed by atoms with van der Waals surface area (Å²) in [4.78, 5) is 0. The molecule has 0 aromatic heterocycles. The van der Waals surface area contributed by atoms with Crippen LogP contribution in [0.1, 0.15) is 37.8 Å². The fourth-order valence-corrected chi connectivity index (χ4v) is 1.96. The highest BCUT2D eigenvalue weighted by atomic mass is 16.5. The van der Waals surface area contributed by atoms with E-state index in [-0.39, 0.29) is 12.6 Å². The van der Waals surface area contributed by atoms with Crippen LogP contribution in [-0.2, 0) is 0 Å². The molecule has 100 valence electrons. The van der Waals surface area contributed by atoms with Gasteiger partial charge in [-0.1, -0.05) is 19.1 Å². The molecule has 0 saturated heterocycles. The van der Waals surface area contributed by atoms with Crippen LogP contribution >= 0.6 is 0 Å². The highest BCUT2D eigenvalue weighted by Gasteiger charge is 2.22. The SMILES string of the molecule is CCCOc1cccc(C(CO)NCC2CC2)c1. The van der Waals surface area contributed by atoms with E-state index in [1.165, 1.54) is 12.8 Å². The van der Waals surface area contributed by atoms with Crippen LogP contribution in [0.25, 0.3) is 0 Å². The van der Waals surface area contributed by atoms with Gasteiger partial charge in [0.2, 0.25) is 0 Å². The first-order chi connectivity index (χ1) is 8.83. The first-order valence-corrected chi connectivity index (χ1v) is 6.90. The summed E-state index contributed by atoms with van der Waals surface area (Å²) in [5, 5.41) is 12.9. The molecule has 1 aromatic carbocycles. The maximum atomic E-state index is 9.48. The zero-order valence-corrected chi connectivity index (χ0v) is 11.1. The van der Waals surface area contributed by atoms with Crippen molar-refractivity contribution in [2.45, 2.75) is 32.2 Å². The summed E-state index contributed by atoms with van der Waals surface area (Å²) < 4.78 is 5.62. The van der Waals surface area contributed by atoms with Crippen molar-refractivity contribution < 1.29 is 9.84 Å². The summed E-state index contributed by atoms with van der Waals surface area (Å²) in [6, 6.07) is 8.04. The van der Waals surface area contributed by atoms with Crippen molar-refractivity contribution in [3.8, 4) is 5.75 Å². The Balaban J connectivity index is 1.94. The lowest BCUT2D eigenvalue weighted by molar-refractivity contribution is 0.243. The molecule has 0 heterocycles. The van der Waals surface area contributed by atoms with Crippen molar-refractivity contribution in [1.82, 2.24) is 5.32 Å². The molecule has 1 aromatic rings. The normalized spacial score (nSPS) is 16.6. The van der Waals surface area contributed by atoms with E-state index in [9.17, 15) is 5.11 Å². The average Bonchev–Trinajstić information content (AvgIpc) is 3.22. The first-order valence-electron chi connectivity index (χ1n) is 6.90. The molecule has 2 N–H and O–H groups in total. The van der Waals surface area contributed by atoms with Crippen LogP contribution in [-0.4, -0.2) is 24.9 Å². The third-order valence-corrected chi connectivity index (χ3v) is 3.27.